The van der Waals surface area contributed by atoms with E-state index in [1.165, 1.54) is 9.80 Å². The van der Waals surface area contributed by atoms with Gasteiger partial charge in [-0.15, -0.1) is 0 Å². The summed E-state index contributed by atoms with van der Waals surface area (Å²) >= 11 is 0. The predicted octanol–water partition coefficient (Wildman–Crippen LogP) is 1.09. The van der Waals surface area contributed by atoms with Crippen LogP contribution in [0.2, 0.25) is 0 Å². The number of esters is 3. The van der Waals surface area contributed by atoms with E-state index in [1.807, 2.05) is 6.92 Å². The molecule has 0 saturated carbocycles. The van der Waals surface area contributed by atoms with Gasteiger partial charge in [0.15, 0.2) is 0 Å². The summed E-state index contributed by atoms with van der Waals surface area (Å²) in [7, 11) is 0. The summed E-state index contributed by atoms with van der Waals surface area (Å²) in [5.41, 5.74) is -1.65. The minimum absolute atomic E-state index is 0.00266. The standard InChI is InChI=1S/C26H47N3O10/c1-8-9-14-37-22(34)17-29(19-24(36)39-26(5,6)7)13-11-27(15-20(30)31)10-12-28(16-21(32)33)18-23(35)38-25(2,3)4/h8-19H2,1-7H3,(H,30,31)(H,32,33)/i17T2. The Morgan fingerprint density at radius 2 is 1.08 bits per heavy atom. The van der Waals surface area contributed by atoms with Crippen LogP contribution in [0.5, 0.6) is 0 Å². The van der Waals surface area contributed by atoms with Crippen LogP contribution in [0, 0.1) is 0 Å². The van der Waals surface area contributed by atoms with Crippen molar-refractivity contribution >= 4 is 29.8 Å². The summed E-state index contributed by atoms with van der Waals surface area (Å²) in [6.45, 7) is 6.65. The number of carboxylic acids is 2. The van der Waals surface area contributed by atoms with E-state index in [4.69, 9.17) is 17.0 Å². The van der Waals surface area contributed by atoms with Gasteiger partial charge >= 0.3 is 29.8 Å². The molecule has 0 rings (SSSR count). The highest BCUT2D eigenvalue weighted by atomic mass is 16.6. The number of carbonyl (C=O) groups is 5. The molecule has 0 atom stereocenters. The topological polar surface area (TPSA) is 163 Å². The Labute approximate surface area is 234 Å². The van der Waals surface area contributed by atoms with Crippen LogP contribution in [0.1, 0.15) is 64.0 Å². The fourth-order valence-electron chi connectivity index (χ4n) is 3.14. The van der Waals surface area contributed by atoms with Crippen molar-refractivity contribution in [3.05, 3.63) is 0 Å². The number of unbranched alkanes of at least 4 members (excludes halogenated alkanes) is 1. The van der Waals surface area contributed by atoms with Crippen LogP contribution in [0.4, 0.5) is 0 Å². The molecular weight excluding hydrogens is 514 g/mol. The van der Waals surface area contributed by atoms with Gasteiger partial charge in [-0.3, -0.25) is 38.7 Å². The number of nitrogens with zero attached hydrogens (tertiary/aromatic N) is 3. The Morgan fingerprint density at radius 1 is 0.667 bits per heavy atom. The first-order valence-electron chi connectivity index (χ1n) is 13.9. The Hall–Kier alpha value is -2.77. The molecule has 0 bridgehead atoms. The number of hydrogen-bond acceptors (Lipinski definition) is 11. The molecular formula is C26H47N3O10. The van der Waals surface area contributed by atoms with Gasteiger partial charge in [0, 0.05) is 26.2 Å². The maximum Gasteiger partial charge on any atom is 0.320 e. The van der Waals surface area contributed by atoms with Crippen molar-refractivity contribution in [3.8, 4) is 0 Å². The molecule has 0 saturated heterocycles. The third kappa shape index (κ3) is 21.8. The Morgan fingerprint density at radius 3 is 1.51 bits per heavy atom. The second-order valence-electron chi connectivity index (χ2n) is 11.0. The number of aliphatic carboxylic acids is 2. The molecule has 0 aromatic carbocycles. The predicted molar refractivity (Wildman–Crippen MR) is 142 cm³/mol. The minimum atomic E-state index is -2.73. The molecule has 0 amide bonds. The molecule has 0 aromatic rings. The summed E-state index contributed by atoms with van der Waals surface area (Å²) in [5, 5.41) is 18.7. The van der Waals surface area contributed by atoms with E-state index >= 15 is 0 Å². The lowest BCUT2D eigenvalue weighted by molar-refractivity contribution is -0.158. The number of carboxylic acid groups (broad SMARTS) is 2. The highest BCUT2D eigenvalue weighted by Gasteiger charge is 2.24. The SMILES string of the molecule is [3H]C([3H])(C(=O)OCCCC)N(CCN(CCN(CC(=O)O)CC(=O)OC(C)(C)C)CC(=O)O)CC(=O)OC(C)(C)C. The summed E-state index contributed by atoms with van der Waals surface area (Å²) in [5.74, 6) is -5.04. The second-order valence-corrected chi connectivity index (χ2v) is 11.0. The van der Waals surface area contributed by atoms with E-state index in [0.717, 1.165) is 11.3 Å². The fourth-order valence-corrected chi connectivity index (χ4v) is 3.14. The smallest absolute Gasteiger partial charge is 0.320 e. The van der Waals surface area contributed by atoms with Crippen LogP contribution in [0.3, 0.4) is 0 Å². The lowest BCUT2D eigenvalue weighted by Crippen LogP contribution is -2.46. The van der Waals surface area contributed by atoms with Gasteiger partial charge in [-0.1, -0.05) is 13.3 Å². The van der Waals surface area contributed by atoms with Crippen molar-refractivity contribution in [2.45, 2.75) is 72.5 Å². The average molecular weight is 566 g/mol. The molecule has 0 aromatic heterocycles. The molecule has 39 heavy (non-hydrogen) atoms. The van der Waals surface area contributed by atoms with E-state index in [9.17, 15) is 34.2 Å². The summed E-state index contributed by atoms with van der Waals surface area (Å²) in [6.07, 6.45) is 1.24. The van der Waals surface area contributed by atoms with Crippen molar-refractivity contribution in [3.63, 3.8) is 0 Å². The largest absolute Gasteiger partial charge is 0.480 e. The Kier molecular flexibility index (Phi) is 14.8. The molecule has 2 N–H and O–H groups in total. The van der Waals surface area contributed by atoms with Gasteiger partial charge in [-0.25, -0.2) is 0 Å². The van der Waals surface area contributed by atoms with Gasteiger partial charge in [0.2, 0.25) is 0 Å². The van der Waals surface area contributed by atoms with Gasteiger partial charge in [-0.2, -0.15) is 0 Å². The molecule has 226 valence electrons. The first kappa shape index (κ1) is 32.4. The number of hydrogen-bond donors (Lipinski definition) is 2. The Balaban J connectivity index is 5.73. The van der Waals surface area contributed by atoms with E-state index in [-0.39, 0.29) is 39.3 Å². The second kappa shape index (κ2) is 17.7. The van der Waals surface area contributed by atoms with Crippen molar-refractivity contribution in [2.24, 2.45) is 0 Å². The average Bonchev–Trinajstić information content (AvgIpc) is 2.76. The zero-order valence-electron chi connectivity index (χ0n) is 26.3. The van der Waals surface area contributed by atoms with Crippen LogP contribution in [0.25, 0.3) is 0 Å². The molecule has 0 radical (unpaired) electrons. The van der Waals surface area contributed by atoms with Crippen LogP contribution < -0.4 is 0 Å². The summed E-state index contributed by atoms with van der Waals surface area (Å²) < 4.78 is 32.3. The van der Waals surface area contributed by atoms with E-state index < -0.39 is 67.2 Å². The maximum atomic E-state index is 12.6. The van der Waals surface area contributed by atoms with Crippen LogP contribution in [0.15, 0.2) is 0 Å². The van der Waals surface area contributed by atoms with Gasteiger partial charge < -0.3 is 24.4 Å². The molecule has 0 heterocycles. The summed E-state index contributed by atoms with van der Waals surface area (Å²) in [4.78, 5) is 63.9. The molecule has 0 aliphatic carbocycles. The molecule has 13 nitrogen and oxygen atoms in total. The fraction of sp³-hybridized carbons (Fsp3) is 0.808. The normalized spacial score (nSPS) is 13.2. The van der Waals surface area contributed by atoms with Crippen molar-refractivity contribution in [1.82, 2.24) is 14.7 Å². The molecule has 0 unspecified atom stereocenters. The van der Waals surface area contributed by atoms with Crippen molar-refractivity contribution in [1.29, 1.82) is 0 Å². The number of rotatable bonds is 19. The van der Waals surface area contributed by atoms with Gasteiger partial charge in [0.1, 0.15) is 11.2 Å². The highest BCUT2D eigenvalue weighted by molar-refractivity contribution is 5.75. The van der Waals surface area contributed by atoms with Gasteiger partial charge in [0.25, 0.3) is 0 Å². The monoisotopic (exact) mass is 565 g/mol. The van der Waals surface area contributed by atoms with E-state index in [0.29, 0.717) is 6.42 Å². The lowest BCUT2D eigenvalue weighted by Gasteiger charge is -2.29. The van der Waals surface area contributed by atoms with Crippen molar-refractivity contribution < 1.29 is 51.1 Å². The number of carbonyl (C=O) groups excluding carboxylic acids is 3. The molecule has 13 heteroatoms. The van der Waals surface area contributed by atoms with E-state index in [2.05, 4.69) is 0 Å². The summed E-state index contributed by atoms with van der Waals surface area (Å²) in [6, 6.07) is 0. The van der Waals surface area contributed by atoms with E-state index in [1.54, 1.807) is 41.5 Å². The molecule has 0 aliphatic heterocycles. The van der Waals surface area contributed by atoms with Gasteiger partial charge in [0.05, 0.1) is 42.0 Å². The first-order valence-corrected chi connectivity index (χ1v) is 12.9. The van der Waals surface area contributed by atoms with Crippen LogP contribution in [-0.2, 0) is 38.2 Å². The molecule has 0 spiro atoms. The third-order valence-electron chi connectivity index (χ3n) is 4.63. The zero-order chi connectivity index (χ0) is 32.0. The number of ether oxygens (including phenoxy) is 3. The minimum Gasteiger partial charge on any atom is -0.480 e. The third-order valence-corrected chi connectivity index (χ3v) is 4.63. The van der Waals surface area contributed by atoms with Crippen LogP contribution >= 0.6 is 0 Å². The van der Waals surface area contributed by atoms with Gasteiger partial charge in [-0.05, 0) is 48.0 Å². The quantitative estimate of drug-likeness (QED) is 0.130. The first-order chi connectivity index (χ1) is 18.7. The molecule has 0 aliphatic rings. The zero-order valence-corrected chi connectivity index (χ0v) is 24.3. The van der Waals surface area contributed by atoms with Crippen LogP contribution in [-0.4, -0.2) is 131 Å². The molecule has 0 fully saturated rings. The Bertz CT molecular complexity index is 888. The highest BCUT2D eigenvalue weighted by Crippen LogP contribution is 2.09. The maximum absolute atomic E-state index is 12.6. The lowest BCUT2D eigenvalue weighted by atomic mass is 10.2. The van der Waals surface area contributed by atoms with Crippen molar-refractivity contribution in [2.75, 3.05) is 65.5 Å².